The van der Waals surface area contributed by atoms with Crippen molar-refractivity contribution in [3.05, 3.63) is 36.1 Å². The first-order valence-corrected chi connectivity index (χ1v) is 7.11. The summed E-state index contributed by atoms with van der Waals surface area (Å²) >= 11 is 0. The summed E-state index contributed by atoms with van der Waals surface area (Å²) in [5, 5.41) is 1.18. The number of para-hydroxylation sites is 1. The van der Waals surface area contributed by atoms with Crippen LogP contribution in [0.15, 0.2) is 34.7 Å². The topological polar surface area (TPSA) is 42.4 Å². The molecule has 0 spiro atoms. The molecule has 102 valence electrons. The van der Waals surface area contributed by atoms with Crippen LogP contribution in [0.3, 0.4) is 0 Å². The number of furan rings is 1. The molecule has 3 atom stereocenters. The Morgan fingerprint density at radius 3 is 2.84 bits per heavy atom. The van der Waals surface area contributed by atoms with Gasteiger partial charge in [0.05, 0.1) is 6.04 Å². The number of benzene rings is 1. The van der Waals surface area contributed by atoms with Gasteiger partial charge in [-0.1, -0.05) is 25.1 Å². The summed E-state index contributed by atoms with van der Waals surface area (Å²) in [6.07, 6.45) is 1.13. The van der Waals surface area contributed by atoms with E-state index in [0.29, 0.717) is 12.0 Å². The molecule has 1 saturated heterocycles. The van der Waals surface area contributed by atoms with Gasteiger partial charge in [-0.3, -0.25) is 4.90 Å². The van der Waals surface area contributed by atoms with Gasteiger partial charge in [0.1, 0.15) is 11.3 Å². The highest BCUT2D eigenvalue weighted by atomic mass is 16.3. The van der Waals surface area contributed by atoms with Crippen molar-refractivity contribution in [2.45, 2.75) is 32.4 Å². The van der Waals surface area contributed by atoms with E-state index >= 15 is 0 Å². The molecule has 3 nitrogen and oxygen atoms in total. The molecule has 0 aliphatic carbocycles. The zero-order chi connectivity index (χ0) is 13.4. The van der Waals surface area contributed by atoms with Crippen molar-refractivity contribution in [2.24, 2.45) is 11.7 Å². The molecular weight excluding hydrogens is 236 g/mol. The molecule has 0 radical (unpaired) electrons. The Labute approximate surface area is 114 Å². The van der Waals surface area contributed by atoms with E-state index in [1.54, 1.807) is 0 Å². The largest absolute Gasteiger partial charge is 0.459 e. The second-order valence-corrected chi connectivity index (χ2v) is 5.92. The van der Waals surface area contributed by atoms with E-state index in [1.165, 1.54) is 5.39 Å². The van der Waals surface area contributed by atoms with Gasteiger partial charge in [0, 0.05) is 24.5 Å². The minimum atomic E-state index is 0.288. The predicted octanol–water partition coefficient (Wildman–Crippen LogP) is 3.16. The van der Waals surface area contributed by atoms with Gasteiger partial charge < -0.3 is 10.2 Å². The molecule has 0 saturated carbocycles. The summed E-state index contributed by atoms with van der Waals surface area (Å²) in [5.74, 6) is 1.71. The Hall–Kier alpha value is -1.32. The van der Waals surface area contributed by atoms with Gasteiger partial charge in [-0.15, -0.1) is 0 Å². The lowest BCUT2D eigenvalue weighted by atomic mass is 9.95. The van der Waals surface area contributed by atoms with Crippen molar-refractivity contribution < 1.29 is 4.42 Å². The summed E-state index contributed by atoms with van der Waals surface area (Å²) in [4.78, 5) is 2.44. The molecule has 0 amide bonds. The van der Waals surface area contributed by atoms with Gasteiger partial charge in [-0.2, -0.15) is 0 Å². The van der Waals surface area contributed by atoms with Crippen LogP contribution in [-0.4, -0.2) is 24.0 Å². The van der Waals surface area contributed by atoms with E-state index in [2.05, 4.69) is 30.9 Å². The van der Waals surface area contributed by atoms with Crippen LogP contribution in [0.2, 0.25) is 0 Å². The fourth-order valence-electron chi connectivity index (χ4n) is 3.15. The quantitative estimate of drug-likeness (QED) is 0.899. The molecule has 1 aliphatic heterocycles. The Bertz CT molecular complexity index is 520. The summed E-state index contributed by atoms with van der Waals surface area (Å²) < 4.78 is 5.97. The van der Waals surface area contributed by atoms with Crippen LogP contribution in [0.25, 0.3) is 11.0 Å². The number of hydrogen-bond donors (Lipinski definition) is 1. The van der Waals surface area contributed by atoms with Crippen molar-refractivity contribution in [1.82, 2.24) is 4.90 Å². The molecule has 1 aromatic carbocycles. The fourth-order valence-corrected chi connectivity index (χ4v) is 3.15. The molecule has 19 heavy (non-hydrogen) atoms. The number of nitrogens with zero attached hydrogens (tertiary/aromatic N) is 1. The van der Waals surface area contributed by atoms with E-state index in [-0.39, 0.29) is 6.04 Å². The van der Waals surface area contributed by atoms with E-state index < -0.39 is 0 Å². The van der Waals surface area contributed by atoms with Crippen molar-refractivity contribution in [2.75, 3.05) is 13.1 Å². The Kier molecular flexibility index (Phi) is 3.33. The lowest BCUT2D eigenvalue weighted by molar-refractivity contribution is 0.113. The second kappa shape index (κ2) is 4.99. The average molecular weight is 258 g/mol. The van der Waals surface area contributed by atoms with Crippen LogP contribution < -0.4 is 5.73 Å². The smallest absolute Gasteiger partial charge is 0.134 e. The maximum absolute atomic E-state index is 6.13. The molecule has 2 heterocycles. The number of fused-ring (bicyclic) bond motifs is 1. The third-order valence-corrected chi connectivity index (χ3v) is 4.12. The second-order valence-electron chi connectivity index (χ2n) is 5.92. The summed E-state index contributed by atoms with van der Waals surface area (Å²) in [6, 6.07) is 10.9. The maximum Gasteiger partial charge on any atom is 0.134 e. The number of nitrogens with two attached hydrogens (primary N) is 1. The van der Waals surface area contributed by atoms with E-state index in [0.717, 1.165) is 30.9 Å². The molecular formula is C16H22N2O. The molecule has 1 aromatic heterocycles. The maximum atomic E-state index is 6.13. The molecule has 2 aromatic rings. The highest BCUT2D eigenvalue weighted by molar-refractivity contribution is 5.77. The van der Waals surface area contributed by atoms with E-state index in [1.807, 2.05) is 18.2 Å². The monoisotopic (exact) mass is 258 g/mol. The van der Waals surface area contributed by atoms with Crippen LogP contribution in [0.5, 0.6) is 0 Å². The SMILES string of the molecule is CC1CC(N)CN(C(C)c2cc3ccccc3o2)C1. The van der Waals surface area contributed by atoms with Gasteiger partial charge in [0.25, 0.3) is 0 Å². The van der Waals surface area contributed by atoms with Crippen molar-refractivity contribution in [3.63, 3.8) is 0 Å². The van der Waals surface area contributed by atoms with Crippen LogP contribution in [-0.2, 0) is 0 Å². The first-order chi connectivity index (χ1) is 9.13. The zero-order valence-electron chi connectivity index (χ0n) is 11.7. The third kappa shape index (κ3) is 2.53. The summed E-state index contributed by atoms with van der Waals surface area (Å²) in [5.41, 5.74) is 7.11. The molecule has 1 aliphatic rings. The van der Waals surface area contributed by atoms with E-state index in [9.17, 15) is 0 Å². The van der Waals surface area contributed by atoms with E-state index in [4.69, 9.17) is 10.2 Å². The Balaban J connectivity index is 1.84. The summed E-state index contributed by atoms with van der Waals surface area (Å²) in [6.45, 7) is 6.55. The summed E-state index contributed by atoms with van der Waals surface area (Å²) in [7, 11) is 0. The number of hydrogen-bond acceptors (Lipinski definition) is 3. The number of likely N-dealkylation sites (tertiary alicyclic amines) is 1. The first-order valence-electron chi connectivity index (χ1n) is 7.11. The van der Waals surface area contributed by atoms with Crippen LogP contribution >= 0.6 is 0 Å². The van der Waals surface area contributed by atoms with Gasteiger partial charge in [0.2, 0.25) is 0 Å². The standard InChI is InChI=1S/C16H22N2O/c1-11-7-14(17)10-18(9-11)12(2)16-8-13-5-3-4-6-15(13)19-16/h3-6,8,11-12,14H,7,9-10,17H2,1-2H3. The highest BCUT2D eigenvalue weighted by Gasteiger charge is 2.27. The molecule has 1 fully saturated rings. The van der Waals surface area contributed by atoms with Crippen LogP contribution in [0, 0.1) is 5.92 Å². The van der Waals surface area contributed by atoms with Gasteiger partial charge in [-0.05, 0) is 31.4 Å². The number of rotatable bonds is 2. The molecule has 3 unspecified atom stereocenters. The van der Waals surface area contributed by atoms with Crippen molar-refractivity contribution in [1.29, 1.82) is 0 Å². The Morgan fingerprint density at radius 1 is 1.32 bits per heavy atom. The molecule has 0 bridgehead atoms. The van der Waals surface area contributed by atoms with Gasteiger partial charge in [0.15, 0.2) is 0 Å². The minimum Gasteiger partial charge on any atom is -0.459 e. The van der Waals surface area contributed by atoms with Gasteiger partial charge in [-0.25, -0.2) is 0 Å². The van der Waals surface area contributed by atoms with Crippen LogP contribution in [0.4, 0.5) is 0 Å². The molecule has 2 N–H and O–H groups in total. The van der Waals surface area contributed by atoms with Crippen LogP contribution in [0.1, 0.15) is 32.1 Å². The average Bonchev–Trinajstić information content (AvgIpc) is 2.80. The normalized spacial score (nSPS) is 26.7. The molecule has 3 heteroatoms. The molecule has 3 rings (SSSR count). The lowest BCUT2D eigenvalue weighted by Crippen LogP contribution is -2.47. The van der Waals surface area contributed by atoms with Gasteiger partial charge >= 0.3 is 0 Å². The first kappa shape index (κ1) is 12.7. The third-order valence-electron chi connectivity index (χ3n) is 4.12. The van der Waals surface area contributed by atoms with Crippen molar-refractivity contribution in [3.8, 4) is 0 Å². The lowest BCUT2D eigenvalue weighted by Gasteiger charge is -2.37. The zero-order valence-corrected chi connectivity index (χ0v) is 11.7. The number of piperidine rings is 1. The fraction of sp³-hybridized carbons (Fsp3) is 0.500. The highest BCUT2D eigenvalue weighted by Crippen LogP contribution is 2.30. The van der Waals surface area contributed by atoms with Crippen molar-refractivity contribution >= 4 is 11.0 Å². The minimum absolute atomic E-state index is 0.288. The Morgan fingerprint density at radius 2 is 2.11 bits per heavy atom. The predicted molar refractivity (Wildman–Crippen MR) is 78.0 cm³/mol.